The Hall–Kier alpha value is -1.66. The Balaban J connectivity index is 1.37. The Morgan fingerprint density at radius 3 is 2.56 bits per heavy atom. The number of piperidine rings is 1. The average molecular weight is 412 g/mol. The monoisotopic (exact) mass is 411 g/mol. The molecule has 0 bridgehead atoms. The van der Waals surface area contributed by atoms with E-state index >= 15 is 0 Å². The Morgan fingerprint density at radius 1 is 1.11 bits per heavy atom. The minimum Gasteiger partial charge on any atom is -0.379 e. The Kier molecular flexibility index (Phi) is 5.37. The SMILES string of the molecule is O=C(Nc1cccc2nsnc12)C1CCN(S(=O)(=O)N2CCOCC2)CC1. The van der Waals surface area contributed by atoms with Crippen LogP contribution in [0.5, 0.6) is 0 Å². The third kappa shape index (κ3) is 3.83. The van der Waals surface area contributed by atoms with E-state index in [1.165, 1.54) is 8.61 Å². The highest BCUT2D eigenvalue weighted by atomic mass is 32.2. The highest BCUT2D eigenvalue weighted by molar-refractivity contribution is 7.86. The van der Waals surface area contributed by atoms with Crippen LogP contribution in [0.25, 0.3) is 11.0 Å². The molecule has 0 unspecified atom stereocenters. The number of rotatable bonds is 4. The first-order valence-corrected chi connectivity index (χ1v) is 11.0. The van der Waals surface area contributed by atoms with Crippen molar-refractivity contribution >= 4 is 44.6 Å². The molecule has 0 aliphatic carbocycles. The van der Waals surface area contributed by atoms with E-state index in [0.29, 0.717) is 63.4 Å². The van der Waals surface area contributed by atoms with Crippen LogP contribution in [0.4, 0.5) is 5.69 Å². The molecule has 1 amide bonds. The molecular formula is C16H21N5O4S2. The van der Waals surface area contributed by atoms with Crippen LogP contribution in [0.1, 0.15) is 12.8 Å². The number of ether oxygens (including phenoxy) is 1. The molecule has 146 valence electrons. The zero-order valence-corrected chi connectivity index (χ0v) is 16.3. The van der Waals surface area contributed by atoms with Crippen molar-refractivity contribution in [2.45, 2.75) is 12.8 Å². The molecule has 1 N–H and O–H groups in total. The van der Waals surface area contributed by atoms with E-state index in [1.807, 2.05) is 12.1 Å². The number of hydrogen-bond donors (Lipinski definition) is 1. The maximum Gasteiger partial charge on any atom is 0.282 e. The number of nitrogens with zero attached hydrogens (tertiary/aromatic N) is 4. The second kappa shape index (κ2) is 7.76. The molecule has 0 saturated carbocycles. The molecule has 27 heavy (non-hydrogen) atoms. The summed E-state index contributed by atoms with van der Waals surface area (Å²) >= 11 is 1.11. The van der Waals surface area contributed by atoms with Crippen molar-refractivity contribution in [2.75, 3.05) is 44.7 Å². The van der Waals surface area contributed by atoms with Crippen molar-refractivity contribution in [1.82, 2.24) is 17.4 Å². The molecule has 1 aromatic carbocycles. The molecule has 2 aliphatic heterocycles. The van der Waals surface area contributed by atoms with Gasteiger partial charge in [0.2, 0.25) is 5.91 Å². The standard InChI is InChI=1S/C16H21N5O4S2/c22-16(17-13-2-1-3-14-15(13)19-26-18-14)12-4-6-20(7-5-12)27(23,24)21-8-10-25-11-9-21/h1-3,12H,4-11H2,(H,17,22). The Labute approximate surface area is 161 Å². The fourth-order valence-electron chi connectivity index (χ4n) is 3.43. The predicted octanol–water partition coefficient (Wildman–Crippen LogP) is 0.919. The molecule has 0 atom stereocenters. The topological polar surface area (TPSA) is 105 Å². The summed E-state index contributed by atoms with van der Waals surface area (Å²) in [5.74, 6) is -0.318. The van der Waals surface area contributed by atoms with Gasteiger partial charge in [0.15, 0.2) is 0 Å². The van der Waals surface area contributed by atoms with Crippen LogP contribution in [-0.2, 0) is 19.7 Å². The zero-order valence-electron chi connectivity index (χ0n) is 14.7. The molecule has 2 aliphatic rings. The lowest BCUT2D eigenvalue weighted by Gasteiger charge is -2.35. The minimum absolute atomic E-state index is 0.0982. The van der Waals surface area contributed by atoms with Gasteiger partial charge in [-0.1, -0.05) is 6.07 Å². The molecule has 2 fully saturated rings. The van der Waals surface area contributed by atoms with Crippen LogP contribution in [0.3, 0.4) is 0 Å². The maximum atomic E-state index is 12.7. The van der Waals surface area contributed by atoms with Gasteiger partial charge < -0.3 is 10.1 Å². The number of amides is 1. The number of anilines is 1. The molecule has 1 aromatic heterocycles. The summed E-state index contributed by atoms with van der Waals surface area (Å²) in [6, 6.07) is 5.49. The van der Waals surface area contributed by atoms with Gasteiger partial charge in [0.25, 0.3) is 10.2 Å². The first-order valence-electron chi connectivity index (χ1n) is 8.91. The Morgan fingerprint density at radius 2 is 1.81 bits per heavy atom. The summed E-state index contributed by atoms with van der Waals surface area (Å²) in [6.07, 6.45) is 1.00. The summed E-state index contributed by atoms with van der Waals surface area (Å²) in [5, 5.41) is 2.93. The fraction of sp³-hybridized carbons (Fsp3) is 0.562. The molecule has 0 radical (unpaired) electrons. The number of benzene rings is 1. The highest BCUT2D eigenvalue weighted by Crippen LogP contribution is 2.26. The molecule has 0 spiro atoms. The summed E-state index contributed by atoms with van der Waals surface area (Å²) < 4.78 is 42.0. The molecular weight excluding hydrogens is 390 g/mol. The Bertz CT molecular complexity index is 918. The first-order chi connectivity index (χ1) is 13.1. The van der Waals surface area contributed by atoms with Gasteiger partial charge in [-0.2, -0.15) is 25.8 Å². The van der Waals surface area contributed by atoms with Crippen LogP contribution in [0.2, 0.25) is 0 Å². The lowest BCUT2D eigenvalue weighted by molar-refractivity contribution is -0.120. The highest BCUT2D eigenvalue weighted by Gasteiger charge is 2.35. The van der Waals surface area contributed by atoms with E-state index in [0.717, 1.165) is 17.2 Å². The molecule has 4 rings (SSSR count). The average Bonchev–Trinajstić information content (AvgIpc) is 3.19. The number of carbonyl (C=O) groups excluding carboxylic acids is 1. The van der Waals surface area contributed by atoms with E-state index in [-0.39, 0.29) is 11.8 Å². The second-order valence-electron chi connectivity index (χ2n) is 6.62. The third-order valence-corrected chi connectivity index (χ3v) is 7.57. The van der Waals surface area contributed by atoms with Gasteiger partial charge >= 0.3 is 0 Å². The fourth-order valence-corrected chi connectivity index (χ4v) is 5.59. The van der Waals surface area contributed by atoms with Crippen molar-refractivity contribution in [2.24, 2.45) is 5.92 Å². The van der Waals surface area contributed by atoms with Crippen LogP contribution in [0.15, 0.2) is 18.2 Å². The van der Waals surface area contributed by atoms with Gasteiger partial charge in [0.05, 0.1) is 30.6 Å². The molecule has 2 aromatic rings. The molecule has 9 nitrogen and oxygen atoms in total. The van der Waals surface area contributed by atoms with Crippen LogP contribution in [0, 0.1) is 5.92 Å². The summed E-state index contributed by atoms with van der Waals surface area (Å²) in [4.78, 5) is 12.6. The summed E-state index contributed by atoms with van der Waals surface area (Å²) in [7, 11) is -3.48. The number of fused-ring (bicyclic) bond motifs is 1. The second-order valence-corrected chi connectivity index (χ2v) is 9.08. The third-order valence-electron chi connectivity index (χ3n) is 4.99. The van der Waals surface area contributed by atoms with Crippen LogP contribution in [-0.4, -0.2) is 71.1 Å². The molecule has 2 saturated heterocycles. The zero-order chi connectivity index (χ0) is 18.9. The number of carbonyl (C=O) groups is 1. The number of nitrogens with one attached hydrogen (secondary N) is 1. The van der Waals surface area contributed by atoms with Gasteiger partial charge in [-0.05, 0) is 25.0 Å². The predicted molar refractivity (Wildman–Crippen MR) is 102 cm³/mol. The van der Waals surface area contributed by atoms with Crippen molar-refractivity contribution in [1.29, 1.82) is 0 Å². The minimum atomic E-state index is -3.48. The largest absolute Gasteiger partial charge is 0.379 e. The maximum absolute atomic E-state index is 12.7. The molecule has 3 heterocycles. The molecule has 11 heteroatoms. The smallest absolute Gasteiger partial charge is 0.282 e. The van der Waals surface area contributed by atoms with Crippen LogP contribution < -0.4 is 5.32 Å². The number of aromatic nitrogens is 2. The van der Waals surface area contributed by atoms with E-state index in [2.05, 4.69) is 14.1 Å². The first kappa shape index (κ1) is 18.7. The van der Waals surface area contributed by atoms with Gasteiger partial charge in [-0.25, -0.2) is 0 Å². The summed E-state index contributed by atoms with van der Waals surface area (Å²) in [6.45, 7) is 2.31. The summed E-state index contributed by atoms with van der Waals surface area (Å²) in [5.41, 5.74) is 2.09. The quantitative estimate of drug-likeness (QED) is 0.802. The normalized spacial score (nSPS) is 20.7. The van der Waals surface area contributed by atoms with Crippen molar-refractivity contribution < 1.29 is 17.9 Å². The van der Waals surface area contributed by atoms with E-state index in [9.17, 15) is 13.2 Å². The van der Waals surface area contributed by atoms with Crippen molar-refractivity contribution in [3.05, 3.63) is 18.2 Å². The number of morpholine rings is 1. The van der Waals surface area contributed by atoms with Crippen molar-refractivity contribution in [3.63, 3.8) is 0 Å². The lowest BCUT2D eigenvalue weighted by Crippen LogP contribution is -2.51. The van der Waals surface area contributed by atoms with Crippen molar-refractivity contribution in [3.8, 4) is 0 Å². The number of hydrogen-bond acceptors (Lipinski definition) is 7. The van der Waals surface area contributed by atoms with Gasteiger partial charge in [0, 0.05) is 32.1 Å². The van der Waals surface area contributed by atoms with Gasteiger partial charge in [0.1, 0.15) is 11.0 Å². The van der Waals surface area contributed by atoms with Crippen LogP contribution >= 0.6 is 11.7 Å². The lowest BCUT2D eigenvalue weighted by atomic mass is 9.97. The van der Waals surface area contributed by atoms with Gasteiger partial charge in [-0.3, -0.25) is 4.79 Å². The van der Waals surface area contributed by atoms with E-state index in [4.69, 9.17) is 4.74 Å². The van der Waals surface area contributed by atoms with E-state index < -0.39 is 10.2 Å². The van der Waals surface area contributed by atoms with Gasteiger partial charge in [-0.15, -0.1) is 0 Å². The van der Waals surface area contributed by atoms with E-state index in [1.54, 1.807) is 6.07 Å².